The van der Waals surface area contributed by atoms with Crippen LogP contribution in [-0.2, 0) is 0 Å². The second-order valence-electron chi connectivity index (χ2n) is 7.47. The maximum Gasteiger partial charge on any atom is 0.0309 e. The van der Waals surface area contributed by atoms with Crippen molar-refractivity contribution >= 4 is 0 Å². The highest BCUT2D eigenvalue weighted by Gasteiger charge is 2.49. The van der Waals surface area contributed by atoms with Crippen LogP contribution in [0.5, 0.6) is 0 Å². The molecule has 2 nitrogen and oxygen atoms in total. The summed E-state index contributed by atoms with van der Waals surface area (Å²) >= 11 is 0. The Morgan fingerprint density at radius 3 is 2.39 bits per heavy atom. The molecule has 0 radical (unpaired) electrons. The van der Waals surface area contributed by atoms with Crippen LogP contribution in [-0.4, -0.2) is 35.1 Å². The highest BCUT2D eigenvalue weighted by Crippen LogP contribution is 2.45. The predicted molar refractivity (Wildman–Crippen MR) is 76.8 cm³/mol. The number of nitrogens with one attached hydrogen (secondary N) is 1. The van der Waals surface area contributed by atoms with Gasteiger partial charge in [-0.05, 0) is 51.9 Å². The summed E-state index contributed by atoms with van der Waals surface area (Å²) in [6, 6.07) is 0.764. The van der Waals surface area contributed by atoms with Crippen LogP contribution in [0.15, 0.2) is 0 Å². The van der Waals surface area contributed by atoms with Crippen LogP contribution >= 0.6 is 0 Å². The predicted octanol–water partition coefficient (Wildman–Crippen LogP) is 3.17. The summed E-state index contributed by atoms with van der Waals surface area (Å²) in [6.45, 7) is 9.85. The molecule has 2 heteroatoms. The molecule has 0 spiro atoms. The van der Waals surface area contributed by atoms with E-state index in [2.05, 4.69) is 31.0 Å². The highest BCUT2D eigenvalue weighted by atomic mass is 15.3. The van der Waals surface area contributed by atoms with Crippen LogP contribution in [0.1, 0.15) is 65.7 Å². The van der Waals surface area contributed by atoms with E-state index in [9.17, 15) is 0 Å². The smallest absolute Gasteiger partial charge is 0.0309 e. The number of hydrogen-bond donors (Lipinski definition) is 1. The molecular weight excluding hydrogens is 220 g/mol. The lowest BCUT2D eigenvalue weighted by molar-refractivity contribution is -0.00923. The van der Waals surface area contributed by atoms with E-state index in [0.717, 1.165) is 12.0 Å². The topological polar surface area (TPSA) is 15.3 Å². The van der Waals surface area contributed by atoms with Gasteiger partial charge in [-0.2, -0.15) is 0 Å². The average Bonchev–Trinajstić information content (AvgIpc) is 3.13. The Morgan fingerprint density at radius 2 is 1.83 bits per heavy atom. The van der Waals surface area contributed by atoms with Gasteiger partial charge in [0.05, 0.1) is 0 Å². The van der Waals surface area contributed by atoms with E-state index in [1.54, 1.807) is 0 Å². The van der Waals surface area contributed by atoms with Gasteiger partial charge in [-0.15, -0.1) is 0 Å². The molecule has 2 unspecified atom stereocenters. The van der Waals surface area contributed by atoms with Crippen molar-refractivity contribution in [1.82, 2.24) is 10.2 Å². The van der Waals surface area contributed by atoms with Crippen molar-refractivity contribution < 1.29 is 0 Å². The van der Waals surface area contributed by atoms with Crippen LogP contribution in [0.25, 0.3) is 0 Å². The Labute approximate surface area is 113 Å². The van der Waals surface area contributed by atoms with Gasteiger partial charge < -0.3 is 5.32 Å². The molecule has 2 atom stereocenters. The van der Waals surface area contributed by atoms with Crippen molar-refractivity contribution in [2.45, 2.75) is 82.8 Å². The Hall–Kier alpha value is -0.0800. The van der Waals surface area contributed by atoms with Crippen LogP contribution < -0.4 is 5.32 Å². The number of hydrogen-bond acceptors (Lipinski definition) is 2. The van der Waals surface area contributed by atoms with Gasteiger partial charge in [0.15, 0.2) is 0 Å². The number of piperazine rings is 1. The molecule has 18 heavy (non-hydrogen) atoms. The van der Waals surface area contributed by atoms with Gasteiger partial charge in [0.1, 0.15) is 0 Å². The molecule has 0 aromatic carbocycles. The van der Waals surface area contributed by atoms with Crippen LogP contribution in [0, 0.1) is 5.92 Å². The minimum absolute atomic E-state index is 0.400. The molecule has 104 valence electrons. The molecule has 0 aromatic heterocycles. The van der Waals surface area contributed by atoms with E-state index in [0.29, 0.717) is 11.1 Å². The van der Waals surface area contributed by atoms with E-state index < -0.39 is 0 Å². The molecule has 1 N–H and O–H groups in total. The number of rotatable bonds is 3. The molecule has 3 aliphatic rings. The Kier molecular flexibility index (Phi) is 3.22. The summed E-state index contributed by atoms with van der Waals surface area (Å²) in [7, 11) is 0. The number of nitrogens with zero attached hydrogens (tertiary/aromatic N) is 1. The van der Waals surface area contributed by atoms with E-state index in [4.69, 9.17) is 0 Å². The molecule has 2 aliphatic carbocycles. The van der Waals surface area contributed by atoms with E-state index >= 15 is 0 Å². The Bertz CT molecular complexity index is 304. The fourth-order valence-corrected chi connectivity index (χ4v) is 4.41. The highest BCUT2D eigenvalue weighted by molar-refractivity contribution is 5.07. The van der Waals surface area contributed by atoms with E-state index in [-0.39, 0.29) is 0 Å². The van der Waals surface area contributed by atoms with Crippen LogP contribution in [0.2, 0.25) is 0 Å². The summed E-state index contributed by atoms with van der Waals surface area (Å²) in [6.07, 6.45) is 9.92. The van der Waals surface area contributed by atoms with Crippen LogP contribution in [0.3, 0.4) is 0 Å². The van der Waals surface area contributed by atoms with Gasteiger partial charge in [0.2, 0.25) is 0 Å². The molecule has 1 aliphatic heterocycles. The molecule has 0 amide bonds. The molecular formula is C16H30N2. The van der Waals surface area contributed by atoms with Gasteiger partial charge >= 0.3 is 0 Å². The SMILES string of the molecule is CCC1CNC(C)(C2CC2)CN1C1(C)CCCC1. The molecule has 1 heterocycles. The second kappa shape index (κ2) is 4.49. The summed E-state index contributed by atoms with van der Waals surface area (Å²) in [5.74, 6) is 0.947. The first-order valence-electron chi connectivity index (χ1n) is 8.09. The Balaban J connectivity index is 1.79. The summed E-state index contributed by atoms with van der Waals surface area (Å²) in [5.41, 5.74) is 0.899. The summed E-state index contributed by atoms with van der Waals surface area (Å²) < 4.78 is 0. The quantitative estimate of drug-likeness (QED) is 0.827. The first-order chi connectivity index (χ1) is 8.57. The van der Waals surface area contributed by atoms with Crippen molar-refractivity contribution in [2.24, 2.45) is 5.92 Å². The largest absolute Gasteiger partial charge is 0.308 e. The zero-order chi connectivity index (χ0) is 12.8. The monoisotopic (exact) mass is 250 g/mol. The normalized spacial score (nSPS) is 41.2. The van der Waals surface area contributed by atoms with Crippen molar-refractivity contribution in [3.63, 3.8) is 0 Å². The fourth-order valence-electron chi connectivity index (χ4n) is 4.41. The molecule has 3 rings (SSSR count). The fraction of sp³-hybridized carbons (Fsp3) is 1.00. The third-order valence-electron chi connectivity index (χ3n) is 6.00. The minimum atomic E-state index is 0.400. The maximum atomic E-state index is 3.89. The van der Waals surface area contributed by atoms with Crippen molar-refractivity contribution in [3.8, 4) is 0 Å². The van der Waals surface area contributed by atoms with Crippen molar-refractivity contribution in [2.75, 3.05) is 13.1 Å². The zero-order valence-electron chi connectivity index (χ0n) is 12.5. The summed E-state index contributed by atoms with van der Waals surface area (Å²) in [4.78, 5) is 2.90. The van der Waals surface area contributed by atoms with Crippen molar-refractivity contribution in [1.29, 1.82) is 0 Å². The lowest BCUT2D eigenvalue weighted by atomic mass is 9.85. The average molecular weight is 250 g/mol. The standard InChI is InChI=1S/C16H30N2/c1-4-14-11-17-16(3,13-7-8-13)12-18(14)15(2)9-5-6-10-15/h13-14,17H,4-12H2,1-3H3. The Morgan fingerprint density at radius 1 is 1.17 bits per heavy atom. The second-order valence-corrected chi connectivity index (χ2v) is 7.47. The van der Waals surface area contributed by atoms with E-state index in [1.165, 1.54) is 58.0 Å². The van der Waals surface area contributed by atoms with Gasteiger partial charge in [0.25, 0.3) is 0 Å². The zero-order valence-corrected chi connectivity index (χ0v) is 12.5. The minimum Gasteiger partial charge on any atom is -0.308 e. The third kappa shape index (κ3) is 2.12. The van der Waals surface area contributed by atoms with Gasteiger partial charge in [0, 0.05) is 30.2 Å². The molecule has 1 saturated heterocycles. The van der Waals surface area contributed by atoms with Crippen molar-refractivity contribution in [3.05, 3.63) is 0 Å². The van der Waals surface area contributed by atoms with Gasteiger partial charge in [-0.3, -0.25) is 4.90 Å². The molecule has 3 fully saturated rings. The molecule has 0 bridgehead atoms. The van der Waals surface area contributed by atoms with E-state index in [1.807, 2.05) is 0 Å². The lowest BCUT2D eigenvalue weighted by Crippen LogP contribution is -2.68. The first-order valence-corrected chi connectivity index (χ1v) is 8.09. The molecule has 0 aromatic rings. The lowest BCUT2D eigenvalue weighted by Gasteiger charge is -2.53. The first kappa shape index (κ1) is 12.9. The van der Waals surface area contributed by atoms with Crippen LogP contribution in [0.4, 0.5) is 0 Å². The maximum absolute atomic E-state index is 3.89. The summed E-state index contributed by atoms with van der Waals surface area (Å²) in [5, 5.41) is 3.89. The molecule has 2 saturated carbocycles. The third-order valence-corrected chi connectivity index (χ3v) is 6.00. The van der Waals surface area contributed by atoms with Gasteiger partial charge in [-0.25, -0.2) is 0 Å². The van der Waals surface area contributed by atoms with Gasteiger partial charge in [-0.1, -0.05) is 19.8 Å².